The number of benzene rings is 3. The fraction of sp³-hybridized carbons (Fsp3) is 0.148. The lowest BCUT2D eigenvalue weighted by Gasteiger charge is -2.15. The second-order valence-corrected chi connectivity index (χ2v) is 10.4. The van der Waals surface area contributed by atoms with Gasteiger partial charge in [0.05, 0.1) is 10.9 Å². The van der Waals surface area contributed by atoms with Crippen molar-refractivity contribution in [1.29, 1.82) is 0 Å². The molecule has 0 spiro atoms. The van der Waals surface area contributed by atoms with Crippen molar-refractivity contribution in [2.75, 3.05) is 16.0 Å². The van der Waals surface area contributed by atoms with Gasteiger partial charge in [-0.05, 0) is 55.9 Å². The maximum absolute atomic E-state index is 13.0. The molecule has 1 amide bonds. The number of hydrogen-bond acceptors (Lipinski definition) is 5. The van der Waals surface area contributed by atoms with Gasteiger partial charge < -0.3 is 16.0 Å². The highest BCUT2D eigenvalue weighted by molar-refractivity contribution is 8.00. The number of thioether (sulfide) groups is 1. The summed E-state index contributed by atoms with van der Waals surface area (Å²) >= 11 is 8.42. The molecule has 0 saturated heterocycles. The molecule has 4 aromatic rings. The largest absolute Gasteiger partial charge is 0.332 e. The van der Waals surface area contributed by atoms with E-state index in [9.17, 15) is 4.79 Å². The number of thiazole rings is 1. The molecule has 3 N–H and O–H groups in total. The summed E-state index contributed by atoms with van der Waals surface area (Å²) in [5.41, 5.74) is 4.88. The molecule has 1 unspecified atom stereocenters. The monoisotopic (exact) mass is 518 g/mol. The molecule has 0 fully saturated rings. The second-order valence-electron chi connectivity index (χ2n) is 7.88. The molecule has 178 valence electrons. The summed E-state index contributed by atoms with van der Waals surface area (Å²) in [6.07, 6.45) is 0.693. The van der Waals surface area contributed by atoms with Gasteiger partial charge in [0.15, 0.2) is 10.2 Å². The number of nitrogens with zero attached hydrogens (tertiary/aromatic N) is 1. The summed E-state index contributed by atoms with van der Waals surface area (Å²) in [6.45, 7) is 4.06. The van der Waals surface area contributed by atoms with E-state index in [0.29, 0.717) is 16.7 Å². The van der Waals surface area contributed by atoms with E-state index in [0.717, 1.165) is 27.5 Å². The number of aromatic nitrogens is 1. The van der Waals surface area contributed by atoms with Crippen LogP contribution >= 0.6 is 35.3 Å². The molecule has 0 aliphatic carbocycles. The minimum atomic E-state index is -0.244. The van der Waals surface area contributed by atoms with Gasteiger partial charge in [0, 0.05) is 27.2 Å². The Bertz CT molecular complexity index is 1290. The molecule has 0 radical (unpaired) electrons. The predicted molar refractivity (Wildman–Crippen MR) is 154 cm³/mol. The molecule has 1 heterocycles. The Balaban J connectivity index is 1.35. The molecule has 35 heavy (non-hydrogen) atoms. The van der Waals surface area contributed by atoms with Crippen molar-refractivity contribution in [3.63, 3.8) is 0 Å². The molecule has 0 saturated carbocycles. The maximum Gasteiger partial charge on any atom is 0.239 e. The van der Waals surface area contributed by atoms with Gasteiger partial charge in [0.25, 0.3) is 0 Å². The third-order valence-electron chi connectivity index (χ3n) is 5.15. The number of carbonyl (C=O) groups is 1. The fourth-order valence-corrected chi connectivity index (χ4v) is 5.29. The number of carbonyl (C=O) groups excluding carboxylic acids is 1. The van der Waals surface area contributed by atoms with Gasteiger partial charge in [-0.25, -0.2) is 4.98 Å². The Morgan fingerprint density at radius 3 is 2.46 bits per heavy atom. The SMILES string of the molecule is CCC(Sc1cccc(NC(=S)Nc2ccc(C)cc2)c1)C(=O)Nc1nc(-c2ccccc2)cs1. The molecular formula is C27H26N4OS3. The molecule has 1 atom stereocenters. The molecule has 8 heteroatoms. The number of rotatable bonds is 8. The molecule has 0 aliphatic rings. The predicted octanol–water partition coefficient (Wildman–Crippen LogP) is 7.44. The Kier molecular flexibility index (Phi) is 8.52. The highest BCUT2D eigenvalue weighted by atomic mass is 32.2. The lowest BCUT2D eigenvalue weighted by Crippen LogP contribution is -2.24. The molecule has 1 aromatic heterocycles. The van der Waals surface area contributed by atoms with Crippen molar-refractivity contribution in [2.45, 2.75) is 30.4 Å². The van der Waals surface area contributed by atoms with Crippen LogP contribution in [-0.4, -0.2) is 21.3 Å². The summed E-state index contributed by atoms with van der Waals surface area (Å²) in [5, 5.41) is 12.2. The zero-order chi connectivity index (χ0) is 24.6. The molecule has 4 rings (SSSR count). The van der Waals surface area contributed by atoms with Crippen LogP contribution < -0.4 is 16.0 Å². The van der Waals surface area contributed by atoms with Crippen LogP contribution in [0.3, 0.4) is 0 Å². The van der Waals surface area contributed by atoms with Crippen molar-refractivity contribution in [2.24, 2.45) is 0 Å². The Labute approximate surface area is 219 Å². The zero-order valence-corrected chi connectivity index (χ0v) is 21.9. The minimum Gasteiger partial charge on any atom is -0.332 e. The first kappa shape index (κ1) is 24.9. The zero-order valence-electron chi connectivity index (χ0n) is 19.4. The van der Waals surface area contributed by atoms with E-state index < -0.39 is 0 Å². The molecular weight excluding hydrogens is 493 g/mol. The highest BCUT2D eigenvalue weighted by Gasteiger charge is 2.19. The third kappa shape index (κ3) is 7.14. The number of aryl methyl sites for hydroxylation is 1. The van der Waals surface area contributed by atoms with Crippen LogP contribution in [0.4, 0.5) is 16.5 Å². The number of anilines is 3. The van der Waals surface area contributed by atoms with Gasteiger partial charge >= 0.3 is 0 Å². The van der Waals surface area contributed by atoms with Gasteiger partial charge in [0.2, 0.25) is 5.91 Å². The molecule has 0 aliphatic heterocycles. The summed E-state index contributed by atoms with van der Waals surface area (Å²) in [6, 6.07) is 25.9. The first-order valence-corrected chi connectivity index (χ1v) is 13.4. The van der Waals surface area contributed by atoms with Crippen LogP contribution in [0.2, 0.25) is 0 Å². The first-order valence-electron chi connectivity index (χ1n) is 11.2. The highest BCUT2D eigenvalue weighted by Crippen LogP contribution is 2.30. The summed E-state index contributed by atoms with van der Waals surface area (Å²) < 4.78 is 0. The third-order valence-corrected chi connectivity index (χ3v) is 7.47. The number of thiocarbonyl (C=S) groups is 1. The van der Waals surface area contributed by atoms with Crippen molar-refractivity contribution in [3.8, 4) is 11.3 Å². The molecule has 0 bridgehead atoms. The lowest BCUT2D eigenvalue weighted by atomic mass is 10.2. The summed E-state index contributed by atoms with van der Waals surface area (Å²) in [5.74, 6) is -0.0543. The summed E-state index contributed by atoms with van der Waals surface area (Å²) in [7, 11) is 0. The Hall–Kier alpha value is -3.20. The van der Waals surface area contributed by atoms with Gasteiger partial charge in [-0.15, -0.1) is 23.1 Å². The van der Waals surface area contributed by atoms with Crippen molar-refractivity contribution < 1.29 is 4.79 Å². The van der Waals surface area contributed by atoms with E-state index in [2.05, 4.69) is 20.9 Å². The van der Waals surface area contributed by atoms with Gasteiger partial charge in [-0.1, -0.05) is 61.0 Å². The first-order chi connectivity index (χ1) is 17.0. The number of hydrogen-bond donors (Lipinski definition) is 3. The minimum absolute atomic E-state index is 0.0543. The van der Waals surface area contributed by atoms with E-state index in [1.165, 1.54) is 28.7 Å². The number of nitrogens with one attached hydrogen (secondary N) is 3. The quantitative estimate of drug-likeness (QED) is 0.166. The van der Waals surface area contributed by atoms with Crippen LogP contribution in [0.25, 0.3) is 11.3 Å². The van der Waals surface area contributed by atoms with E-state index >= 15 is 0 Å². The van der Waals surface area contributed by atoms with Crippen LogP contribution in [-0.2, 0) is 4.79 Å². The Morgan fingerprint density at radius 1 is 0.971 bits per heavy atom. The smallest absolute Gasteiger partial charge is 0.239 e. The van der Waals surface area contributed by atoms with Crippen molar-refractivity contribution in [3.05, 3.63) is 89.8 Å². The van der Waals surface area contributed by atoms with E-state index in [1.54, 1.807) is 0 Å². The fourth-order valence-electron chi connectivity index (χ4n) is 3.32. The van der Waals surface area contributed by atoms with E-state index in [1.807, 2.05) is 98.1 Å². The van der Waals surface area contributed by atoms with Crippen LogP contribution in [0.5, 0.6) is 0 Å². The van der Waals surface area contributed by atoms with Gasteiger partial charge in [-0.3, -0.25) is 4.79 Å². The van der Waals surface area contributed by atoms with Crippen LogP contribution in [0.15, 0.2) is 89.1 Å². The van der Waals surface area contributed by atoms with E-state index in [4.69, 9.17) is 12.2 Å². The average molecular weight is 519 g/mol. The number of amides is 1. The average Bonchev–Trinajstić information content (AvgIpc) is 3.33. The topological polar surface area (TPSA) is 66.0 Å². The van der Waals surface area contributed by atoms with E-state index in [-0.39, 0.29) is 11.2 Å². The van der Waals surface area contributed by atoms with Crippen molar-refractivity contribution >= 4 is 62.8 Å². The normalized spacial score (nSPS) is 11.5. The standard InChI is InChI=1S/C27H26N4OS3/c1-3-24(25(32)31-27-30-23(17-34-27)19-8-5-4-6-9-19)35-22-11-7-10-21(16-22)29-26(33)28-20-14-12-18(2)13-15-20/h4-17,24H,3H2,1-2H3,(H2,28,29,33)(H,30,31,32). The summed E-state index contributed by atoms with van der Waals surface area (Å²) in [4.78, 5) is 18.5. The van der Waals surface area contributed by atoms with Crippen LogP contribution in [0, 0.1) is 6.92 Å². The molecule has 3 aromatic carbocycles. The van der Waals surface area contributed by atoms with Crippen LogP contribution in [0.1, 0.15) is 18.9 Å². The van der Waals surface area contributed by atoms with Gasteiger partial charge in [-0.2, -0.15) is 0 Å². The Morgan fingerprint density at radius 2 is 1.71 bits per heavy atom. The molecule has 5 nitrogen and oxygen atoms in total. The second kappa shape index (κ2) is 12.0. The lowest BCUT2D eigenvalue weighted by molar-refractivity contribution is -0.115. The maximum atomic E-state index is 13.0. The van der Waals surface area contributed by atoms with Gasteiger partial charge in [0.1, 0.15) is 0 Å². The van der Waals surface area contributed by atoms with Crippen molar-refractivity contribution in [1.82, 2.24) is 4.98 Å².